The molecule has 0 radical (unpaired) electrons. The summed E-state index contributed by atoms with van der Waals surface area (Å²) in [5.41, 5.74) is 1.15. The third-order valence-electron chi connectivity index (χ3n) is 5.48. The molecular weight excluding hydrogens is 446 g/mol. The fourth-order valence-electron chi connectivity index (χ4n) is 4.11. The van der Waals surface area contributed by atoms with Crippen LogP contribution >= 0.6 is 11.3 Å². The normalized spacial score (nSPS) is 19.7. The summed E-state index contributed by atoms with van der Waals surface area (Å²) in [5, 5.41) is 3.28. The lowest BCUT2D eigenvalue weighted by molar-refractivity contribution is 0.102. The number of hydrogen-bond acceptors (Lipinski definition) is 6. The van der Waals surface area contributed by atoms with E-state index in [-0.39, 0.29) is 10.8 Å². The zero-order chi connectivity index (χ0) is 22.9. The maximum Gasteiger partial charge on any atom is 0.257 e. The van der Waals surface area contributed by atoms with Crippen molar-refractivity contribution in [3.63, 3.8) is 0 Å². The average Bonchev–Trinajstić information content (AvgIpc) is 3.15. The highest BCUT2D eigenvalue weighted by Gasteiger charge is 2.31. The largest absolute Gasteiger partial charge is 0.494 e. The van der Waals surface area contributed by atoms with Crippen LogP contribution in [0.1, 0.15) is 37.6 Å². The summed E-state index contributed by atoms with van der Waals surface area (Å²) in [4.78, 5) is 17.3. The van der Waals surface area contributed by atoms with E-state index in [4.69, 9.17) is 4.74 Å². The van der Waals surface area contributed by atoms with Gasteiger partial charge in [0.15, 0.2) is 5.13 Å². The first-order valence-corrected chi connectivity index (χ1v) is 13.0. The van der Waals surface area contributed by atoms with Crippen LogP contribution in [0.15, 0.2) is 47.4 Å². The van der Waals surface area contributed by atoms with Gasteiger partial charge in [-0.15, -0.1) is 0 Å². The number of carbonyl (C=O) groups excluding carboxylic acids is 1. The molecule has 1 aliphatic rings. The summed E-state index contributed by atoms with van der Waals surface area (Å²) in [6.07, 6.45) is 1.03. The molecule has 0 spiro atoms. The third kappa shape index (κ3) is 4.79. The second-order valence-electron chi connectivity index (χ2n) is 8.33. The number of carbonyl (C=O) groups is 1. The second-order valence-corrected chi connectivity index (χ2v) is 11.3. The minimum absolute atomic E-state index is 0.207. The molecule has 9 heteroatoms. The minimum atomic E-state index is -3.58. The van der Waals surface area contributed by atoms with Crippen LogP contribution in [0.3, 0.4) is 0 Å². The molecule has 0 aliphatic carbocycles. The van der Waals surface area contributed by atoms with Crippen molar-refractivity contribution in [3.8, 4) is 5.75 Å². The van der Waals surface area contributed by atoms with E-state index in [0.29, 0.717) is 42.2 Å². The van der Waals surface area contributed by atoms with Crippen LogP contribution in [-0.2, 0) is 10.0 Å². The van der Waals surface area contributed by atoms with Gasteiger partial charge in [-0.05, 0) is 67.6 Å². The SMILES string of the molecule is CCOc1ccc2nc(NC(=O)c3ccc(S(=O)(=O)N4C[C@H](C)C[C@@H](C)C4)cc3)sc2c1. The Morgan fingerprint density at radius 3 is 2.50 bits per heavy atom. The fraction of sp³-hybridized carbons (Fsp3) is 0.391. The van der Waals surface area contributed by atoms with Crippen molar-refractivity contribution in [2.24, 2.45) is 11.8 Å². The van der Waals surface area contributed by atoms with Gasteiger partial charge in [-0.25, -0.2) is 13.4 Å². The van der Waals surface area contributed by atoms with E-state index in [9.17, 15) is 13.2 Å². The molecule has 2 atom stereocenters. The summed E-state index contributed by atoms with van der Waals surface area (Å²) < 4.78 is 34.0. The van der Waals surface area contributed by atoms with Gasteiger partial charge in [0.2, 0.25) is 10.0 Å². The molecule has 1 fully saturated rings. The van der Waals surface area contributed by atoms with Crippen molar-refractivity contribution in [2.45, 2.75) is 32.1 Å². The molecule has 170 valence electrons. The summed E-state index contributed by atoms with van der Waals surface area (Å²) in [5.74, 6) is 1.09. The highest BCUT2D eigenvalue weighted by atomic mass is 32.2. The molecular formula is C23H27N3O4S2. The van der Waals surface area contributed by atoms with Gasteiger partial charge in [0.25, 0.3) is 5.91 Å². The third-order valence-corrected chi connectivity index (χ3v) is 8.26. The van der Waals surface area contributed by atoms with Crippen LogP contribution in [0.4, 0.5) is 5.13 Å². The molecule has 7 nitrogen and oxygen atoms in total. The van der Waals surface area contributed by atoms with Crippen molar-refractivity contribution in [3.05, 3.63) is 48.0 Å². The van der Waals surface area contributed by atoms with Crippen LogP contribution in [0, 0.1) is 11.8 Å². The van der Waals surface area contributed by atoms with Gasteiger partial charge in [-0.2, -0.15) is 4.31 Å². The number of nitrogens with one attached hydrogen (secondary N) is 1. The molecule has 1 amide bonds. The molecule has 32 heavy (non-hydrogen) atoms. The Morgan fingerprint density at radius 2 is 1.84 bits per heavy atom. The molecule has 4 rings (SSSR count). The molecule has 0 bridgehead atoms. The first kappa shape index (κ1) is 22.7. The van der Waals surface area contributed by atoms with Crippen molar-refractivity contribution in [1.82, 2.24) is 9.29 Å². The van der Waals surface area contributed by atoms with Gasteiger partial charge < -0.3 is 4.74 Å². The van der Waals surface area contributed by atoms with E-state index in [1.807, 2.05) is 25.1 Å². The molecule has 1 aromatic heterocycles. The number of nitrogens with zero attached hydrogens (tertiary/aromatic N) is 2. The number of anilines is 1. The van der Waals surface area contributed by atoms with E-state index >= 15 is 0 Å². The Morgan fingerprint density at radius 1 is 1.16 bits per heavy atom. The van der Waals surface area contributed by atoms with Gasteiger partial charge in [-0.1, -0.05) is 25.2 Å². The van der Waals surface area contributed by atoms with Crippen molar-refractivity contribution in [1.29, 1.82) is 0 Å². The Bertz CT molecular complexity index is 1210. The Balaban J connectivity index is 1.48. The molecule has 0 saturated carbocycles. The summed E-state index contributed by atoms with van der Waals surface area (Å²) in [6.45, 7) is 7.70. The molecule has 2 heterocycles. The smallest absolute Gasteiger partial charge is 0.257 e. The second kappa shape index (κ2) is 9.17. The maximum atomic E-state index is 13.0. The molecule has 1 aliphatic heterocycles. The van der Waals surface area contributed by atoms with Crippen molar-refractivity contribution >= 4 is 42.6 Å². The lowest BCUT2D eigenvalue weighted by Crippen LogP contribution is -2.42. The van der Waals surface area contributed by atoms with Crippen LogP contribution < -0.4 is 10.1 Å². The maximum absolute atomic E-state index is 13.0. The van der Waals surface area contributed by atoms with Gasteiger partial charge >= 0.3 is 0 Å². The number of ether oxygens (including phenoxy) is 1. The predicted molar refractivity (Wildman–Crippen MR) is 127 cm³/mol. The molecule has 2 aromatic carbocycles. The van der Waals surface area contributed by atoms with Crippen molar-refractivity contribution < 1.29 is 17.9 Å². The number of rotatable bonds is 6. The predicted octanol–water partition coefficient (Wildman–Crippen LogP) is 4.61. The standard InChI is InChI=1S/C23H27N3O4S2/c1-4-30-18-7-10-20-21(12-18)31-23(24-20)25-22(27)17-5-8-19(9-6-17)32(28,29)26-13-15(2)11-16(3)14-26/h5-10,12,15-16H,4,11,13-14H2,1-3H3,(H,24,25,27)/t15-,16-/m1/s1. The Labute approximate surface area is 192 Å². The number of hydrogen-bond donors (Lipinski definition) is 1. The highest BCUT2D eigenvalue weighted by molar-refractivity contribution is 7.89. The molecule has 1 N–H and O–H groups in total. The first-order chi connectivity index (χ1) is 15.3. The number of sulfonamides is 1. The van der Waals surface area contributed by atoms with E-state index in [1.165, 1.54) is 23.5 Å². The van der Waals surface area contributed by atoms with Crippen molar-refractivity contribution in [2.75, 3.05) is 25.0 Å². The molecule has 1 saturated heterocycles. The highest BCUT2D eigenvalue weighted by Crippen LogP contribution is 2.30. The summed E-state index contributed by atoms with van der Waals surface area (Å²) in [7, 11) is -3.58. The van der Waals surface area contributed by atoms with Crippen LogP contribution in [0.5, 0.6) is 5.75 Å². The van der Waals surface area contributed by atoms with Crippen LogP contribution in [-0.4, -0.2) is 43.3 Å². The van der Waals surface area contributed by atoms with Crippen LogP contribution in [0.2, 0.25) is 0 Å². The minimum Gasteiger partial charge on any atom is -0.494 e. The Hall–Kier alpha value is -2.49. The van der Waals surface area contributed by atoms with E-state index in [0.717, 1.165) is 22.4 Å². The first-order valence-electron chi connectivity index (χ1n) is 10.7. The fourth-order valence-corrected chi connectivity index (χ4v) is 6.68. The van der Waals surface area contributed by atoms with E-state index in [1.54, 1.807) is 16.4 Å². The van der Waals surface area contributed by atoms with Gasteiger partial charge in [-0.3, -0.25) is 10.1 Å². The Kier molecular flexibility index (Phi) is 6.50. The number of piperidine rings is 1. The zero-order valence-corrected chi connectivity index (χ0v) is 20.0. The average molecular weight is 474 g/mol. The lowest BCUT2D eigenvalue weighted by atomic mass is 9.94. The van der Waals surface area contributed by atoms with Gasteiger partial charge in [0, 0.05) is 18.7 Å². The number of aromatic nitrogens is 1. The van der Waals surface area contributed by atoms with E-state index in [2.05, 4.69) is 24.1 Å². The zero-order valence-electron chi connectivity index (χ0n) is 18.4. The summed E-state index contributed by atoms with van der Waals surface area (Å²) >= 11 is 1.36. The lowest BCUT2D eigenvalue weighted by Gasteiger charge is -2.34. The number of thiazole rings is 1. The number of amides is 1. The molecule has 0 unspecified atom stereocenters. The van der Waals surface area contributed by atoms with Gasteiger partial charge in [0.05, 0.1) is 21.7 Å². The van der Waals surface area contributed by atoms with Crippen LogP contribution in [0.25, 0.3) is 10.2 Å². The quantitative estimate of drug-likeness (QED) is 0.565. The van der Waals surface area contributed by atoms with Gasteiger partial charge in [0.1, 0.15) is 5.75 Å². The van der Waals surface area contributed by atoms with E-state index < -0.39 is 10.0 Å². The number of fused-ring (bicyclic) bond motifs is 1. The number of benzene rings is 2. The summed E-state index contributed by atoms with van der Waals surface area (Å²) in [6, 6.07) is 11.7. The monoisotopic (exact) mass is 473 g/mol. The topological polar surface area (TPSA) is 88.6 Å². The molecule has 3 aromatic rings.